The Hall–Kier alpha value is -1.59. The Labute approximate surface area is 123 Å². The summed E-state index contributed by atoms with van der Waals surface area (Å²) in [6.45, 7) is 0.961. The molecule has 0 radical (unpaired) electrons. The maximum atomic E-state index is 12.4. The molecular weight excluding hydrogens is 272 g/mol. The minimum atomic E-state index is -0.511. The average molecular weight is 294 g/mol. The quantitative estimate of drug-likeness (QED) is 0.598. The van der Waals surface area contributed by atoms with Gasteiger partial charge in [0.25, 0.3) is 5.91 Å². The molecule has 4 bridgehead atoms. The van der Waals surface area contributed by atoms with Gasteiger partial charge >= 0.3 is 5.97 Å². The van der Waals surface area contributed by atoms with E-state index in [1.165, 1.54) is 26.2 Å². The number of hydrazine groups is 1. The van der Waals surface area contributed by atoms with Crippen molar-refractivity contribution in [2.45, 2.75) is 45.4 Å². The molecule has 6 nitrogen and oxygen atoms in total. The number of carbonyl (C=O) groups is 3. The lowest BCUT2D eigenvalue weighted by Crippen LogP contribution is -2.51. The molecule has 0 unspecified atom stereocenters. The number of hydrogen-bond acceptors (Lipinski definition) is 4. The van der Waals surface area contributed by atoms with Gasteiger partial charge in [0.15, 0.2) is 6.61 Å². The predicted molar refractivity (Wildman–Crippen MR) is 73.5 cm³/mol. The van der Waals surface area contributed by atoms with E-state index in [2.05, 4.69) is 10.9 Å². The van der Waals surface area contributed by atoms with Gasteiger partial charge in [0.05, 0.1) is 5.41 Å². The van der Waals surface area contributed by atoms with E-state index in [4.69, 9.17) is 4.74 Å². The first-order chi connectivity index (χ1) is 9.97. The Morgan fingerprint density at radius 2 is 1.52 bits per heavy atom. The van der Waals surface area contributed by atoms with E-state index in [-0.39, 0.29) is 23.9 Å². The first-order valence-corrected chi connectivity index (χ1v) is 7.69. The molecule has 0 saturated heterocycles. The lowest BCUT2D eigenvalue weighted by molar-refractivity contribution is -0.173. The van der Waals surface area contributed by atoms with Crippen LogP contribution in [0.5, 0.6) is 0 Å². The molecule has 4 fully saturated rings. The number of carbonyl (C=O) groups excluding carboxylic acids is 3. The van der Waals surface area contributed by atoms with Crippen LogP contribution in [0.1, 0.15) is 45.4 Å². The fourth-order valence-corrected chi connectivity index (χ4v) is 4.84. The first-order valence-electron chi connectivity index (χ1n) is 7.69. The molecular formula is C15H22N2O4. The number of rotatable bonds is 3. The topological polar surface area (TPSA) is 84.5 Å². The molecule has 2 N–H and O–H groups in total. The van der Waals surface area contributed by atoms with E-state index in [1.807, 2.05) is 0 Å². The molecule has 0 aromatic rings. The van der Waals surface area contributed by atoms with Crippen molar-refractivity contribution in [1.29, 1.82) is 0 Å². The summed E-state index contributed by atoms with van der Waals surface area (Å²) in [4.78, 5) is 34.6. The van der Waals surface area contributed by atoms with Gasteiger partial charge in [0.1, 0.15) is 0 Å². The highest BCUT2D eigenvalue weighted by atomic mass is 16.5. The van der Waals surface area contributed by atoms with Crippen molar-refractivity contribution < 1.29 is 19.1 Å². The van der Waals surface area contributed by atoms with Crippen LogP contribution in [0.3, 0.4) is 0 Å². The molecule has 0 heterocycles. The van der Waals surface area contributed by atoms with E-state index >= 15 is 0 Å². The van der Waals surface area contributed by atoms with Crippen LogP contribution in [0.15, 0.2) is 0 Å². The molecule has 0 aromatic carbocycles. The fraction of sp³-hybridized carbons (Fsp3) is 0.800. The molecule has 0 atom stereocenters. The van der Waals surface area contributed by atoms with Crippen molar-refractivity contribution in [3.8, 4) is 0 Å². The lowest BCUT2D eigenvalue weighted by Gasteiger charge is -2.55. The highest BCUT2D eigenvalue weighted by molar-refractivity contribution is 5.84. The van der Waals surface area contributed by atoms with Gasteiger partial charge in [-0.25, -0.2) is 0 Å². The predicted octanol–water partition coefficient (Wildman–Crippen LogP) is 0.913. The zero-order valence-corrected chi connectivity index (χ0v) is 12.3. The van der Waals surface area contributed by atoms with E-state index < -0.39 is 5.91 Å². The number of amides is 2. The van der Waals surface area contributed by atoms with Crippen molar-refractivity contribution >= 4 is 17.8 Å². The van der Waals surface area contributed by atoms with Crippen molar-refractivity contribution in [3.63, 3.8) is 0 Å². The van der Waals surface area contributed by atoms with Crippen molar-refractivity contribution in [2.75, 3.05) is 6.61 Å². The van der Waals surface area contributed by atoms with Gasteiger partial charge in [-0.15, -0.1) is 0 Å². The van der Waals surface area contributed by atoms with Crippen LogP contribution in [0.2, 0.25) is 0 Å². The molecule has 0 spiro atoms. The Balaban J connectivity index is 1.53. The SMILES string of the molecule is CC(=O)NNC(=O)COC(=O)C12CC3CC(CC(C3)C1)C2. The largest absolute Gasteiger partial charge is 0.455 e. The lowest BCUT2D eigenvalue weighted by atomic mass is 9.49. The molecule has 116 valence electrons. The first kappa shape index (κ1) is 14.4. The molecule has 6 heteroatoms. The Kier molecular flexibility index (Phi) is 3.63. The summed E-state index contributed by atoms with van der Waals surface area (Å²) in [5.41, 5.74) is 4.03. The van der Waals surface area contributed by atoms with Crippen LogP contribution in [0.25, 0.3) is 0 Å². The van der Waals surface area contributed by atoms with Gasteiger partial charge in [-0.05, 0) is 56.3 Å². The Bertz CT molecular complexity index is 439. The minimum Gasteiger partial charge on any atom is -0.455 e. The van der Waals surface area contributed by atoms with Crippen LogP contribution in [0.4, 0.5) is 0 Å². The molecule has 4 rings (SSSR count). The summed E-state index contributed by atoms with van der Waals surface area (Å²) >= 11 is 0. The van der Waals surface area contributed by atoms with E-state index in [0.29, 0.717) is 17.8 Å². The van der Waals surface area contributed by atoms with Gasteiger partial charge in [-0.2, -0.15) is 0 Å². The summed E-state index contributed by atoms with van der Waals surface area (Å²) in [6, 6.07) is 0. The van der Waals surface area contributed by atoms with Crippen LogP contribution in [-0.4, -0.2) is 24.4 Å². The number of nitrogens with one attached hydrogen (secondary N) is 2. The fourth-order valence-electron chi connectivity index (χ4n) is 4.84. The van der Waals surface area contributed by atoms with Crippen LogP contribution >= 0.6 is 0 Å². The molecule has 0 aliphatic heterocycles. The van der Waals surface area contributed by atoms with Crippen LogP contribution < -0.4 is 10.9 Å². The van der Waals surface area contributed by atoms with Gasteiger partial charge in [0, 0.05) is 6.92 Å². The molecule has 4 aliphatic rings. The van der Waals surface area contributed by atoms with Crippen molar-refractivity contribution in [2.24, 2.45) is 23.2 Å². The molecule has 4 saturated carbocycles. The molecule has 0 aromatic heterocycles. The number of esters is 1. The molecule has 2 amide bonds. The third-order valence-electron chi connectivity index (χ3n) is 5.18. The Morgan fingerprint density at radius 3 is 2.00 bits per heavy atom. The zero-order chi connectivity index (χ0) is 15.0. The molecule has 4 aliphatic carbocycles. The highest BCUT2D eigenvalue weighted by Crippen LogP contribution is 2.60. The van der Waals surface area contributed by atoms with Gasteiger partial charge in [0.2, 0.25) is 5.91 Å². The third kappa shape index (κ3) is 2.89. The van der Waals surface area contributed by atoms with E-state index in [9.17, 15) is 14.4 Å². The molecule has 21 heavy (non-hydrogen) atoms. The third-order valence-corrected chi connectivity index (χ3v) is 5.18. The van der Waals surface area contributed by atoms with Crippen LogP contribution in [0, 0.1) is 23.2 Å². The summed E-state index contributed by atoms with van der Waals surface area (Å²) < 4.78 is 5.22. The second-order valence-electron chi connectivity index (χ2n) is 7.00. The highest BCUT2D eigenvalue weighted by Gasteiger charge is 2.55. The number of hydrogen-bond donors (Lipinski definition) is 2. The second kappa shape index (κ2) is 5.31. The summed E-state index contributed by atoms with van der Waals surface area (Å²) in [5.74, 6) is 0.893. The average Bonchev–Trinajstić information content (AvgIpc) is 2.41. The van der Waals surface area contributed by atoms with Gasteiger partial charge in [-0.3, -0.25) is 25.2 Å². The van der Waals surface area contributed by atoms with Crippen molar-refractivity contribution in [3.05, 3.63) is 0 Å². The standard InChI is InChI=1S/C15H22N2O4/c1-9(18)16-17-13(19)8-21-14(20)15-5-10-2-11(6-15)4-12(3-10)7-15/h10-12H,2-8H2,1H3,(H,16,18)(H,17,19). The van der Waals surface area contributed by atoms with E-state index in [1.54, 1.807) is 0 Å². The maximum absolute atomic E-state index is 12.4. The monoisotopic (exact) mass is 294 g/mol. The summed E-state index contributed by atoms with van der Waals surface area (Å²) in [7, 11) is 0. The summed E-state index contributed by atoms with van der Waals surface area (Å²) in [5, 5.41) is 0. The second-order valence-corrected chi connectivity index (χ2v) is 7.00. The van der Waals surface area contributed by atoms with Crippen LogP contribution in [-0.2, 0) is 19.1 Å². The number of ether oxygens (including phenoxy) is 1. The Morgan fingerprint density at radius 1 is 1.00 bits per heavy atom. The summed E-state index contributed by atoms with van der Waals surface area (Å²) in [6.07, 6.45) is 6.54. The maximum Gasteiger partial charge on any atom is 0.312 e. The van der Waals surface area contributed by atoms with Crippen molar-refractivity contribution in [1.82, 2.24) is 10.9 Å². The smallest absolute Gasteiger partial charge is 0.312 e. The zero-order valence-electron chi connectivity index (χ0n) is 12.3. The minimum absolute atomic E-state index is 0.223. The van der Waals surface area contributed by atoms with Gasteiger partial charge in [-0.1, -0.05) is 0 Å². The van der Waals surface area contributed by atoms with Gasteiger partial charge < -0.3 is 4.74 Å². The van der Waals surface area contributed by atoms with E-state index in [0.717, 1.165) is 19.3 Å². The normalized spacial score (nSPS) is 36.1.